The normalized spacial score (nSPS) is 26.0. The van der Waals surface area contributed by atoms with Gasteiger partial charge in [-0.3, -0.25) is 9.09 Å². The van der Waals surface area contributed by atoms with E-state index in [2.05, 4.69) is 27.5 Å². The molecule has 0 radical (unpaired) electrons. The third-order valence-electron chi connectivity index (χ3n) is 3.71. The van der Waals surface area contributed by atoms with Gasteiger partial charge < -0.3 is 39.6 Å². The number of hydrogen-bond acceptors (Lipinski definition) is 13. The fourth-order valence-corrected chi connectivity index (χ4v) is 5.63. The summed E-state index contributed by atoms with van der Waals surface area (Å²) in [5.74, 6) is 0. The second-order valence-electron chi connectivity index (χ2n) is 5.98. The molecule has 18 nitrogen and oxygen atoms in total. The topological polar surface area (TPSA) is 276 Å². The van der Waals surface area contributed by atoms with Crippen molar-refractivity contribution in [2.24, 2.45) is 0 Å². The molecule has 0 bridgehead atoms. The zero-order valence-corrected chi connectivity index (χ0v) is 17.6. The van der Waals surface area contributed by atoms with E-state index < -0.39 is 60.2 Å². The Bertz CT molecular complexity index is 1170. The first-order valence-corrected chi connectivity index (χ1v) is 12.4. The number of nitrogens with two attached hydrogens (primary N) is 1. The molecule has 174 valence electrons. The van der Waals surface area contributed by atoms with Crippen molar-refractivity contribution in [1.82, 2.24) is 14.5 Å². The highest BCUT2D eigenvalue weighted by atomic mass is 31.3. The van der Waals surface area contributed by atoms with Crippen LogP contribution in [-0.4, -0.2) is 58.0 Å². The quantitative estimate of drug-likeness (QED) is 0.232. The van der Waals surface area contributed by atoms with Crippen molar-refractivity contribution in [2.75, 3.05) is 12.3 Å². The highest BCUT2D eigenvalue weighted by Gasteiger charge is 2.43. The smallest absolute Gasteiger partial charge is 0.390 e. The highest BCUT2D eigenvalue weighted by molar-refractivity contribution is 7.66. The van der Waals surface area contributed by atoms with Gasteiger partial charge in [0.05, 0.1) is 19.0 Å². The Morgan fingerprint density at radius 3 is 2.52 bits per heavy atom. The Labute approximate surface area is 170 Å². The van der Waals surface area contributed by atoms with Crippen LogP contribution in [0.3, 0.4) is 0 Å². The average molecular weight is 508 g/mol. The molecule has 5 atom stereocenters. The predicted molar refractivity (Wildman–Crippen MR) is 94.8 cm³/mol. The van der Waals surface area contributed by atoms with Gasteiger partial charge in [0.1, 0.15) is 12.3 Å². The zero-order valence-electron chi connectivity index (χ0n) is 14.9. The van der Waals surface area contributed by atoms with Crippen molar-refractivity contribution in [1.29, 1.82) is 0 Å². The maximum atomic E-state index is 11.8. The van der Waals surface area contributed by atoms with Crippen LogP contribution in [-0.2, 0) is 31.6 Å². The fraction of sp³-hybridized carbons (Fsp3) is 0.500. The molecule has 0 spiro atoms. The lowest BCUT2D eigenvalue weighted by Crippen LogP contribution is -2.26. The Balaban J connectivity index is 1.67. The second kappa shape index (κ2) is 8.44. The standard InChI is InChI=1S/C10H15N4O14P3/c11-10-13-8-7(9(16)26-10)12-3-14(8)6-1-4(15)5(25-6)2-24-30(20,21)28-31(22,23)27-29(17,18)19/h3-6,15H,1-2H2,(H2,11,13)(H,20,21)(H,22,23)(H2,17,18,19)/t4-,5-,6-/m1/s1. The lowest BCUT2D eigenvalue weighted by molar-refractivity contribution is -0.0423. The Kier molecular flexibility index (Phi) is 6.57. The molecule has 3 heterocycles. The minimum atomic E-state index is -5.68. The molecule has 21 heteroatoms. The molecule has 31 heavy (non-hydrogen) atoms. The van der Waals surface area contributed by atoms with Gasteiger partial charge >= 0.3 is 29.1 Å². The van der Waals surface area contributed by atoms with Gasteiger partial charge in [-0.25, -0.2) is 23.5 Å². The average Bonchev–Trinajstić information content (AvgIpc) is 3.13. The molecule has 2 aromatic rings. The van der Waals surface area contributed by atoms with E-state index in [1.807, 2.05) is 0 Å². The number of rotatable bonds is 8. The Hall–Kier alpha value is -1.52. The van der Waals surface area contributed by atoms with Crippen LogP contribution >= 0.6 is 23.5 Å². The molecule has 2 aromatic heterocycles. The second-order valence-corrected chi connectivity index (χ2v) is 10.4. The summed E-state index contributed by atoms with van der Waals surface area (Å²) >= 11 is 0. The number of anilines is 1. The molecular weight excluding hydrogens is 493 g/mol. The highest BCUT2D eigenvalue weighted by Crippen LogP contribution is 2.66. The van der Waals surface area contributed by atoms with Crippen LogP contribution in [0.1, 0.15) is 12.6 Å². The van der Waals surface area contributed by atoms with E-state index in [0.29, 0.717) is 0 Å². The van der Waals surface area contributed by atoms with Crippen LogP contribution in [0, 0.1) is 0 Å². The van der Waals surface area contributed by atoms with Gasteiger partial charge in [-0.15, -0.1) is 0 Å². The van der Waals surface area contributed by atoms with E-state index in [1.54, 1.807) is 0 Å². The van der Waals surface area contributed by atoms with Gasteiger partial charge in [-0.2, -0.15) is 13.6 Å². The van der Waals surface area contributed by atoms with Gasteiger partial charge in [0.2, 0.25) is 0 Å². The minimum absolute atomic E-state index is 0.0144. The van der Waals surface area contributed by atoms with Gasteiger partial charge in [0.25, 0.3) is 6.01 Å². The first-order valence-electron chi connectivity index (χ1n) is 7.91. The summed E-state index contributed by atoms with van der Waals surface area (Å²) in [6.07, 6.45) is -2.48. The minimum Gasteiger partial charge on any atom is -0.390 e. The first kappa shape index (κ1) is 24.1. The molecule has 1 aliphatic rings. The molecule has 1 saturated heterocycles. The van der Waals surface area contributed by atoms with E-state index >= 15 is 0 Å². The van der Waals surface area contributed by atoms with Crippen LogP contribution in [0.5, 0.6) is 0 Å². The van der Waals surface area contributed by atoms with Crippen molar-refractivity contribution in [2.45, 2.75) is 24.9 Å². The number of aliphatic hydroxyl groups excluding tert-OH is 1. The maximum absolute atomic E-state index is 11.8. The van der Waals surface area contributed by atoms with Gasteiger partial charge in [-0.05, 0) is 0 Å². The van der Waals surface area contributed by atoms with E-state index in [-0.39, 0.29) is 17.6 Å². The molecule has 1 aliphatic heterocycles. The number of ether oxygens (including phenoxy) is 1. The van der Waals surface area contributed by atoms with Crippen LogP contribution in [0.25, 0.3) is 11.2 Å². The molecule has 0 aliphatic carbocycles. The molecular formula is C10H15N4O14P3. The fourth-order valence-electron chi connectivity index (χ4n) is 2.60. The van der Waals surface area contributed by atoms with Crippen molar-refractivity contribution >= 4 is 40.6 Å². The predicted octanol–water partition coefficient (Wildman–Crippen LogP) is -1.04. The van der Waals surface area contributed by atoms with Crippen LogP contribution in [0.2, 0.25) is 0 Å². The number of phosphoric ester groups is 1. The monoisotopic (exact) mass is 508 g/mol. The molecule has 0 aromatic carbocycles. The number of imidazole rings is 1. The third kappa shape index (κ3) is 6.04. The summed E-state index contributed by atoms with van der Waals surface area (Å²) in [6, 6.07) is -0.443. The van der Waals surface area contributed by atoms with Gasteiger partial charge in [0.15, 0.2) is 11.2 Å². The molecule has 1 fully saturated rings. The number of aromatic nitrogens is 3. The maximum Gasteiger partial charge on any atom is 0.490 e. The van der Waals surface area contributed by atoms with Crippen LogP contribution in [0.4, 0.5) is 6.01 Å². The van der Waals surface area contributed by atoms with E-state index in [1.165, 1.54) is 4.57 Å². The van der Waals surface area contributed by atoms with Crippen LogP contribution in [0.15, 0.2) is 15.5 Å². The number of hydrogen-bond donors (Lipinski definition) is 6. The Morgan fingerprint density at radius 2 is 1.87 bits per heavy atom. The van der Waals surface area contributed by atoms with E-state index in [4.69, 9.17) is 25.2 Å². The summed E-state index contributed by atoms with van der Waals surface area (Å²) in [6.45, 7) is -0.855. The van der Waals surface area contributed by atoms with E-state index in [0.717, 1.165) is 6.33 Å². The summed E-state index contributed by atoms with van der Waals surface area (Å²) in [7, 11) is -16.6. The Morgan fingerprint density at radius 1 is 1.19 bits per heavy atom. The number of nitrogens with zero attached hydrogens (tertiary/aromatic N) is 3. The summed E-state index contributed by atoms with van der Waals surface area (Å²) in [5.41, 5.74) is 4.35. The molecule has 7 N–H and O–H groups in total. The summed E-state index contributed by atoms with van der Waals surface area (Å²) < 4.78 is 56.6. The number of aliphatic hydroxyl groups is 1. The molecule has 3 rings (SSSR count). The first-order chi connectivity index (χ1) is 14.2. The van der Waals surface area contributed by atoms with Crippen molar-refractivity contribution in [3.05, 3.63) is 16.7 Å². The number of fused-ring (bicyclic) bond motifs is 1. The molecule has 2 unspecified atom stereocenters. The molecule has 0 saturated carbocycles. The van der Waals surface area contributed by atoms with Gasteiger partial charge in [-0.1, -0.05) is 0 Å². The number of nitrogen functional groups attached to an aromatic ring is 1. The lowest BCUT2D eigenvalue weighted by atomic mass is 10.2. The zero-order chi connectivity index (χ0) is 23.2. The molecule has 0 amide bonds. The SMILES string of the molecule is Nc1nc2c(ncn2[C@H]2C[C@@H](O)[C@@H](COP(=O)(O)OP(=O)(O)OP(=O)(O)O)O2)c(=O)o1. The van der Waals surface area contributed by atoms with Crippen molar-refractivity contribution in [3.8, 4) is 0 Å². The van der Waals surface area contributed by atoms with Crippen LogP contribution < -0.4 is 11.4 Å². The van der Waals surface area contributed by atoms with Gasteiger partial charge in [0, 0.05) is 6.42 Å². The third-order valence-corrected chi connectivity index (χ3v) is 7.51. The largest absolute Gasteiger partial charge is 0.490 e. The lowest BCUT2D eigenvalue weighted by Gasteiger charge is -2.19. The van der Waals surface area contributed by atoms with Crippen molar-refractivity contribution < 1.29 is 60.7 Å². The van der Waals surface area contributed by atoms with E-state index in [9.17, 15) is 28.5 Å². The summed E-state index contributed by atoms with van der Waals surface area (Å²) in [4.78, 5) is 54.9. The summed E-state index contributed by atoms with van der Waals surface area (Å²) in [5, 5.41) is 10.1. The van der Waals surface area contributed by atoms with Crippen molar-refractivity contribution in [3.63, 3.8) is 0 Å². The number of phosphoric acid groups is 3.